The van der Waals surface area contributed by atoms with Crippen LogP contribution in [0.4, 0.5) is 39.3 Å². The van der Waals surface area contributed by atoms with Gasteiger partial charge in [-0.3, -0.25) is 4.79 Å². The van der Waals surface area contributed by atoms with Crippen LogP contribution in [0.2, 0.25) is 0 Å². The summed E-state index contributed by atoms with van der Waals surface area (Å²) in [6.45, 7) is 4.92. The molecule has 0 aliphatic carbocycles. The number of hydrogen-bond acceptors (Lipinski definition) is 10. The van der Waals surface area contributed by atoms with Crippen molar-refractivity contribution < 1.29 is 18.7 Å². The van der Waals surface area contributed by atoms with E-state index < -0.39 is 11.4 Å². The number of amides is 1. The van der Waals surface area contributed by atoms with Gasteiger partial charge >= 0.3 is 0 Å². The summed E-state index contributed by atoms with van der Waals surface area (Å²) in [7, 11) is 1.98. The van der Waals surface area contributed by atoms with Gasteiger partial charge in [0, 0.05) is 20.2 Å². The third kappa shape index (κ3) is 5.13. The molecule has 36 heavy (non-hydrogen) atoms. The molecule has 3 aromatic heterocycles. The molecule has 0 unspecified atom stereocenters. The molecule has 11 nitrogen and oxygen atoms in total. The summed E-state index contributed by atoms with van der Waals surface area (Å²) in [6.07, 6.45) is 5.10. The fourth-order valence-corrected chi connectivity index (χ4v) is 3.91. The van der Waals surface area contributed by atoms with Gasteiger partial charge in [0.15, 0.2) is 28.8 Å². The fourth-order valence-electron chi connectivity index (χ4n) is 3.91. The first kappa shape index (κ1) is 23.7. The minimum absolute atomic E-state index is 0.0794. The Labute approximate surface area is 207 Å². The molecule has 2 aliphatic heterocycles. The zero-order chi connectivity index (χ0) is 25.3. The molecule has 5 rings (SSSR count). The van der Waals surface area contributed by atoms with Gasteiger partial charge in [-0.1, -0.05) is 0 Å². The number of rotatable bonds is 7. The topological polar surface area (TPSA) is 126 Å². The maximum absolute atomic E-state index is 14.4. The minimum Gasteiger partial charge on any atom is -0.474 e. The lowest BCUT2D eigenvalue weighted by atomic mass is 10.1. The van der Waals surface area contributed by atoms with E-state index >= 15 is 0 Å². The van der Waals surface area contributed by atoms with Crippen LogP contribution < -0.4 is 25.6 Å². The summed E-state index contributed by atoms with van der Waals surface area (Å²) in [5.41, 5.74) is -0.355. The van der Waals surface area contributed by atoms with Crippen LogP contribution >= 0.6 is 0 Å². The second kappa shape index (κ2) is 9.53. The van der Waals surface area contributed by atoms with E-state index in [1.54, 1.807) is 32.2 Å². The number of likely N-dealkylation sites (N-methyl/N-ethyl adjacent to an activating group) is 1. The first-order chi connectivity index (χ1) is 17.3. The summed E-state index contributed by atoms with van der Waals surface area (Å²) in [5.74, 6) is 0.878. The van der Waals surface area contributed by atoms with Gasteiger partial charge in [-0.05, 0) is 51.0 Å². The van der Waals surface area contributed by atoms with Crippen LogP contribution in [0.25, 0.3) is 0 Å². The van der Waals surface area contributed by atoms with Crippen LogP contribution in [-0.4, -0.2) is 57.7 Å². The number of hydrogen-bond donors (Lipinski definition) is 3. The molecule has 12 heteroatoms. The standard InChI is InChI=1S/C24H27FN8O3/c1-24(2)22(34)31-21-17(36-24)7-8-18(30-21)29-20-16(25)12-27-23(32-20)28-14-6-9-19(26-11-14)33(3)13-15-5-4-10-35-15/h6-9,11-12,15H,4-5,10,13H2,1-3H3,(H3,27,28,29,30,31,32,34)/t15-/m0/s1. The molecule has 1 amide bonds. The Bertz CT molecular complexity index is 1260. The van der Waals surface area contributed by atoms with Gasteiger partial charge in [-0.25, -0.2) is 19.3 Å². The molecule has 5 heterocycles. The molecule has 1 fully saturated rings. The van der Waals surface area contributed by atoms with Crippen molar-refractivity contribution in [2.24, 2.45) is 0 Å². The number of ether oxygens (including phenoxy) is 2. The molecule has 0 spiro atoms. The number of pyridine rings is 2. The maximum atomic E-state index is 14.4. The molecule has 3 aromatic rings. The summed E-state index contributed by atoms with van der Waals surface area (Å²) in [4.78, 5) is 31.2. The Hall–Kier alpha value is -4.06. The van der Waals surface area contributed by atoms with Crippen molar-refractivity contribution in [2.45, 2.75) is 38.4 Å². The van der Waals surface area contributed by atoms with E-state index in [1.165, 1.54) is 0 Å². The normalized spacial score (nSPS) is 18.1. The van der Waals surface area contributed by atoms with Gasteiger partial charge in [0.1, 0.15) is 11.6 Å². The van der Waals surface area contributed by atoms with Crippen molar-refractivity contribution >= 4 is 40.8 Å². The predicted octanol–water partition coefficient (Wildman–Crippen LogP) is 3.62. The maximum Gasteiger partial charge on any atom is 0.269 e. The zero-order valence-corrected chi connectivity index (χ0v) is 20.2. The Morgan fingerprint density at radius 3 is 2.78 bits per heavy atom. The second-order valence-corrected chi connectivity index (χ2v) is 9.17. The average molecular weight is 495 g/mol. The number of nitrogens with one attached hydrogen (secondary N) is 3. The number of nitrogens with zero attached hydrogens (tertiary/aromatic N) is 5. The number of carbonyl (C=O) groups is 1. The quantitative estimate of drug-likeness (QED) is 0.448. The molecule has 1 atom stereocenters. The van der Waals surface area contributed by atoms with Gasteiger partial charge in [-0.2, -0.15) is 4.98 Å². The van der Waals surface area contributed by atoms with Crippen LogP contribution in [0.5, 0.6) is 5.75 Å². The fraction of sp³-hybridized carbons (Fsp3) is 0.375. The van der Waals surface area contributed by atoms with Crippen LogP contribution in [0.1, 0.15) is 26.7 Å². The molecule has 3 N–H and O–H groups in total. The molecular weight excluding hydrogens is 467 g/mol. The van der Waals surface area contributed by atoms with Crippen molar-refractivity contribution in [3.05, 3.63) is 42.5 Å². The Morgan fingerprint density at radius 1 is 1.17 bits per heavy atom. The lowest BCUT2D eigenvalue weighted by Gasteiger charge is -2.30. The lowest BCUT2D eigenvalue weighted by Crippen LogP contribution is -2.46. The van der Waals surface area contributed by atoms with Crippen molar-refractivity contribution in [1.29, 1.82) is 0 Å². The van der Waals surface area contributed by atoms with E-state index in [0.717, 1.165) is 38.0 Å². The van der Waals surface area contributed by atoms with Crippen molar-refractivity contribution in [1.82, 2.24) is 19.9 Å². The minimum atomic E-state index is -1.00. The van der Waals surface area contributed by atoms with E-state index in [0.29, 0.717) is 11.4 Å². The summed E-state index contributed by atoms with van der Waals surface area (Å²) in [5, 5.41) is 8.55. The van der Waals surface area contributed by atoms with Gasteiger partial charge < -0.3 is 30.3 Å². The van der Waals surface area contributed by atoms with Gasteiger partial charge in [0.2, 0.25) is 5.95 Å². The van der Waals surface area contributed by atoms with Crippen molar-refractivity contribution in [3.63, 3.8) is 0 Å². The average Bonchev–Trinajstić information content (AvgIpc) is 3.35. The highest BCUT2D eigenvalue weighted by molar-refractivity contribution is 5.99. The Kier molecular flexibility index (Phi) is 6.27. The molecule has 188 valence electrons. The molecule has 2 aliphatic rings. The molecule has 0 bridgehead atoms. The van der Waals surface area contributed by atoms with E-state index in [2.05, 4.69) is 40.8 Å². The first-order valence-corrected chi connectivity index (χ1v) is 11.6. The number of fused-ring (bicyclic) bond motifs is 1. The van der Waals surface area contributed by atoms with E-state index in [-0.39, 0.29) is 35.4 Å². The zero-order valence-electron chi connectivity index (χ0n) is 20.2. The predicted molar refractivity (Wildman–Crippen MR) is 133 cm³/mol. The molecule has 0 radical (unpaired) electrons. The highest BCUT2D eigenvalue weighted by Crippen LogP contribution is 2.33. The van der Waals surface area contributed by atoms with Gasteiger partial charge in [-0.15, -0.1) is 0 Å². The van der Waals surface area contributed by atoms with Gasteiger partial charge in [0.05, 0.1) is 24.2 Å². The Balaban J connectivity index is 1.26. The van der Waals surface area contributed by atoms with Crippen LogP contribution in [0, 0.1) is 5.82 Å². The molecule has 0 saturated carbocycles. The highest BCUT2D eigenvalue weighted by Gasteiger charge is 2.36. The summed E-state index contributed by atoms with van der Waals surface area (Å²) < 4.78 is 25.8. The largest absolute Gasteiger partial charge is 0.474 e. The van der Waals surface area contributed by atoms with Gasteiger partial charge in [0.25, 0.3) is 5.91 Å². The monoisotopic (exact) mass is 494 g/mol. The number of anilines is 6. The van der Waals surface area contributed by atoms with E-state index in [4.69, 9.17) is 9.47 Å². The van der Waals surface area contributed by atoms with E-state index in [9.17, 15) is 9.18 Å². The number of aromatic nitrogens is 4. The van der Waals surface area contributed by atoms with Crippen molar-refractivity contribution in [2.75, 3.05) is 41.0 Å². The third-order valence-corrected chi connectivity index (χ3v) is 5.89. The van der Waals surface area contributed by atoms with Crippen LogP contribution in [0.3, 0.4) is 0 Å². The molecule has 1 saturated heterocycles. The van der Waals surface area contributed by atoms with Crippen molar-refractivity contribution in [3.8, 4) is 5.75 Å². The summed E-state index contributed by atoms with van der Waals surface area (Å²) in [6, 6.07) is 6.99. The lowest BCUT2D eigenvalue weighted by molar-refractivity contribution is -0.129. The van der Waals surface area contributed by atoms with Crippen LogP contribution in [0.15, 0.2) is 36.7 Å². The summed E-state index contributed by atoms with van der Waals surface area (Å²) >= 11 is 0. The Morgan fingerprint density at radius 2 is 2.03 bits per heavy atom. The van der Waals surface area contributed by atoms with Crippen LogP contribution in [-0.2, 0) is 9.53 Å². The first-order valence-electron chi connectivity index (χ1n) is 11.6. The smallest absolute Gasteiger partial charge is 0.269 e. The second-order valence-electron chi connectivity index (χ2n) is 9.17. The molecular formula is C24H27FN8O3. The SMILES string of the molecule is CN(C[C@@H]1CCCO1)c1ccc(Nc2ncc(F)c(Nc3ccc4c(n3)NC(=O)C(C)(C)O4)n2)cn1. The number of halogens is 1. The molecule has 0 aromatic carbocycles. The highest BCUT2D eigenvalue weighted by atomic mass is 19.1. The third-order valence-electron chi connectivity index (χ3n) is 5.89. The van der Waals surface area contributed by atoms with E-state index in [1.807, 2.05) is 19.2 Å². The number of carbonyl (C=O) groups excluding carboxylic acids is 1.